The highest BCUT2D eigenvalue weighted by molar-refractivity contribution is 5.74. The first-order valence-corrected chi connectivity index (χ1v) is 6.34. The Balaban J connectivity index is 1.95. The summed E-state index contributed by atoms with van der Waals surface area (Å²) in [6.07, 6.45) is 1.62. The Bertz CT molecular complexity index is 469. The van der Waals surface area contributed by atoms with Crippen molar-refractivity contribution < 1.29 is 9.53 Å². The number of amides is 2. The van der Waals surface area contributed by atoms with Crippen LogP contribution in [-0.2, 0) is 11.8 Å². The van der Waals surface area contributed by atoms with E-state index in [0.29, 0.717) is 26.2 Å². The monoisotopic (exact) mass is 264 g/mol. The maximum Gasteiger partial charge on any atom is 0.317 e. The van der Waals surface area contributed by atoms with Crippen molar-refractivity contribution in [3.63, 3.8) is 0 Å². The third-order valence-corrected chi connectivity index (χ3v) is 3.08. The van der Waals surface area contributed by atoms with Crippen molar-refractivity contribution in [3.8, 4) is 0 Å². The van der Waals surface area contributed by atoms with E-state index in [9.17, 15) is 4.79 Å². The van der Waals surface area contributed by atoms with Gasteiger partial charge in [0.1, 0.15) is 6.10 Å². The van der Waals surface area contributed by atoms with Gasteiger partial charge in [-0.25, -0.2) is 4.79 Å². The van der Waals surface area contributed by atoms with Crippen molar-refractivity contribution >= 4 is 6.03 Å². The summed E-state index contributed by atoms with van der Waals surface area (Å²) >= 11 is 0. The van der Waals surface area contributed by atoms with E-state index in [1.54, 1.807) is 15.8 Å². The number of carbonyl (C=O) groups is 1. The van der Waals surface area contributed by atoms with Crippen molar-refractivity contribution in [2.75, 3.05) is 26.2 Å². The van der Waals surface area contributed by atoms with Crippen molar-refractivity contribution in [3.05, 3.63) is 30.1 Å². The van der Waals surface area contributed by atoms with Gasteiger partial charge in [0.15, 0.2) is 0 Å². The molecule has 6 heteroatoms. The number of rotatable bonds is 3. The number of hydrogen-bond donors (Lipinski definition) is 1. The smallest absolute Gasteiger partial charge is 0.317 e. The van der Waals surface area contributed by atoms with Crippen LogP contribution in [0.15, 0.2) is 24.4 Å². The predicted molar refractivity (Wildman–Crippen MR) is 71.7 cm³/mol. The zero-order valence-corrected chi connectivity index (χ0v) is 11.4. The van der Waals surface area contributed by atoms with Crippen LogP contribution in [0.3, 0.4) is 0 Å². The highest BCUT2D eigenvalue weighted by Crippen LogP contribution is 2.21. The summed E-state index contributed by atoms with van der Waals surface area (Å²) in [5.74, 6) is 0. The zero-order chi connectivity index (χ0) is 13.8. The lowest BCUT2D eigenvalue weighted by Crippen LogP contribution is -2.47. The highest BCUT2D eigenvalue weighted by Gasteiger charge is 2.26. The second-order valence-corrected chi connectivity index (χ2v) is 4.80. The van der Waals surface area contributed by atoms with Gasteiger partial charge in [0.05, 0.1) is 18.8 Å². The highest BCUT2D eigenvalue weighted by atomic mass is 16.5. The maximum atomic E-state index is 12.0. The van der Waals surface area contributed by atoms with Crippen LogP contribution in [0.1, 0.15) is 18.7 Å². The summed E-state index contributed by atoms with van der Waals surface area (Å²) in [5.41, 5.74) is 1.92. The molecule has 0 saturated carbocycles. The first-order chi connectivity index (χ1) is 9.08. The van der Waals surface area contributed by atoms with Gasteiger partial charge in [0.2, 0.25) is 0 Å². The van der Waals surface area contributed by atoms with Crippen molar-refractivity contribution in [2.24, 2.45) is 7.05 Å². The summed E-state index contributed by atoms with van der Waals surface area (Å²) in [5, 5.41) is 6.97. The normalized spacial score (nSPS) is 19.3. The number of aryl methyl sites for hydroxylation is 1. The van der Waals surface area contributed by atoms with Crippen LogP contribution < -0.4 is 5.32 Å². The molecule has 0 spiro atoms. The number of ether oxygens (including phenoxy) is 1. The van der Waals surface area contributed by atoms with E-state index >= 15 is 0 Å². The number of aromatic nitrogens is 2. The molecular weight excluding hydrogens is 244 g/mol. The molecule has 1 aromatic rings. The quantitative estimate of drug-likeness (QED) is 0.831. The van der Waals surface area contributed by atoms with Crippen LogP contribution in [0.5, 0.6) is 0 Å². The van der Waals surface area contributed by atoms with Crippen LogP contribution in [-0.4, -0.2) is 47.0 Å². The summed E-state index contributed by atoms with van der Waals surface area (Å²) in [4.78, 5) is 13.8. The third kappa shape index (κ3) is 3.35. The van der Waals surface area contributed by atoms with E-state index < -0.39 is 0 Å². The molecule has 1 saturated heterocycles. The minimum absolute atomic E-state index is 0.0709. The molecule has 0 aromatic carbocycles. The summed E-state index contributed by atoms with van der Waals surface area (Å²) in [7, 11) is 1.87. The number of nitrogens with zero attached hydrogens (tertiary/aromatic N) is 3. The summed E-state index contributed by atoms with van der Waals surface area (Å²) < 4.78 is 7.49. The van der Waals surface area contributed by atoms with E-state index in [2.05, 4.69) is 17.0 Å². The molecule has 1 atom stereocenters. The standard InChI is InChI=1S/C13H20N4O2/c1-10(2)8-14-13(18)17-6-7-19-12(9-17)11-4-5-15-16(11)3/h4-5,12H,1,6-9H2,2-3H3,(H,14,18). The van der Waals surface area contributed by atoms with Crippen LogP contribution in [0, 0.1) is 0 Å². The predicted octanol–water partition coefficient (Wildman–Crippen LogP) is 1.08. The Kier molecular flexibility index (Phi) is 4.21. The fraction of sp³-hybridized carbons (Fsp3) is 0.538. The van der Waals surface area contributed by atoms with Gasteiger partial charge in [0.25, 0.3) is 0 Å². The Morgan fingerprint density at radius 3 is 3.11 bits per heavy atom. The average Bonchev–Trinajstić information content (AvgIpc) is 2.82. The number of nitrogens with one attached hydrogen (secondary N) is 1. The minimum Gasteiger partial charge on any atom is -0.368 e. The average molecular weight is 264 g/mol. The van der Waals surface area contributed by atoms with Crippen LogP contribution >= 0.6 is 0 Å². The minimum atomic E-state index is -0.114. The fourth-order valence-corrected chi connectivity index (χ4v) is 2.05. The lowest BCUT2D eigenvalue weighted by Gasteiger charge is -2.33. The molecule has 104 valence electrons. The van der Waals surface area contributed by atoms with Crippen LogP contribution in [0.2, 0.25) is 0 Å². The second kappa shape index (κ2) is 5.88. The Labute approximate surface area is 113 Å². The molecule has 0 radical (unpaired) electrons. The molecule has 1 aliphatic rings. The van der Waals surface area contributed by atoms with Crippen LogP contribution in [0.25, 0.3) is 0 Å². The fourth-order valence-electron chi connectivity index (χ4n) is 2.05. The van der Waals surface area contributed by atoms with Gasteiger partial charge in [-0.05, 0) is 13.0 Å². The molecule has 1 aromatic heterocycles. The van der Waals surface area contributed by atoms with E-state index in [0.717, 1.165) is 11.3 Å². The third-order valence-electron chi connectivity index (χ3n) is 3.08. The summed E-state index contributed by atoms with van der Waals surface area (Å²) in [6, 6.07) is 1.85. The van der Waals surface area contributed by atoms with Crippen LogP contribution in [0.4, 0.5) is 4.79 Å². The van der Waals surface area contributed by atoms with E-state index in [1.165, 1.54) is 0 Å². The van der Waals surface area contributed by atoms with Gasteiger partial charge in [-0.1, -0.05) is 12.2 Å². The topological polar surface area (TPSA) is 59.4 Å². The molecule has 6 nitrogen and oxygen atoms in total. The molecule has 1 aliphatic heterocycles. The first kappa shape index (κ1) is 13.6. The molecule has 2 rings (SSSR count). The molecule has 2 amide bonds. The number of carbonyl (C=O) groups excluding carboxylic acids is 1. The molecule has 19 heavy (non-hydrogen) atoms. The van der Waals surface area contributed by atoms with E-state index in [4.69, 9.17) is 4.74 Å². The molecule has 1 N–H and O–H groups in total. The largest absolute Gasteiger partial charge is 0.368 e. The molecule has 0 aliphatic carbocycles. The van der Waals surface area contributed by atoms with Gasteiger partial charge < -0.3 is 15.0 Å². The Hall–Kier alpha value is -1.82. The summed E-state index contributed by atoms with van der Waals surface area (Å²) in [6.45, 7) is 7.85. The van der Waals surface area contributed by atoms with Gasteiger partial charge in [-0.2, -0.15) is 5.10 Å². The molecule has 1 unspecified atom stereocenters. The molecular formula is C13H20N4O2. The van der Waals surface area contributed by atoms with Gasteiger partial charge in [-0.3, -0.25) is 4.68 Å². The van der Waals surface area contributed by atoms with Crippen molar-refractivity contribution in [1.82, 2.24) is 20.0 Å². The number of urea groups is 1. The lowest BCUT2D eigenvalue weighted by molar-refractivity contribution is -0.0193. The molecule has 2 heterocycles. The van der Waals surface area contributed by atoms with E-state index in [1.807, 2.05) is 20.0 Å². The zero-order valence-electron chi connectivity index (χ0n) is 11.4. The Morgan fingerprint density at radius 1 is 1.68 bits per heavy atom. The maximum absolute atomic E-state index is 12.0. The van der Waals surface area contributed by atoms with Crippen molar-refractivity contribution in [2.45, 2.75) is 13.0 Å². The van der Waals surface area contributed by atoms with Crippen molar-refractivity contribution in [1.29, 1.82) is 0 Å². The first-order valence-electron chi connectivity index (χ1n) is 6.34. The Morgan fingerprint density at radius 2 is 2.47 bits per heavy atom. The van der Waals surface area contributed by atoms with E-state index in [-0.39, 0.29) is 12.1 Å². The van der Waals surface area contributed by atoms with Gasteiger partial charge in [-0.15, -0.1) is 0 Å². The number of morpholine rings is 1. The van der Waals surface area contributed by atoms with Gasteiger partial charge >= 0.3 is 6.03 Å². The van der Waals surface area contributed by atoms with Gasteiger partial charge in [0, 0.05) is 26.3 Å². The number of hydrogen-bond acceptors (Lipinski definition) is 3. The lowest BCUT2D eigenvalue weighted by atomic mass is 10.2. The SMILES string of the molecule is C=C(C)CNC(=O)N1CCOC(c2ccnn2C)C1. The molecule has 1 fully saturated rings. The molecule has 0 bridgehead atoms. The second-order valence-electron chi connectivity index (χ2n) is 4.80.